The number of methoxy groups -OCH3 is 2. The molecule has 2 aromatic carbocycles. The number of anilines is 1. The van der Waals surface area contributed by atoms with E-state index >= 15 is 0 Å². The number of aliphatic hydroxyl groups excluding tert-OH is 1. The fraction of sp³-hybridized carbons (Fsp3) is 0.310. The Kier molecular flexibility index (Phi) is 7.16. The zero-order valence-corrected chi connectivity index (χ0v) is 23.2. The minimum atomic E-state index is -0.956. The topological polar surface area (TPSA) is 106 Å². The lowest BCUT2D eigenvalue weighted by Crippen LogP contribution is -2.29. The Balaban J connectivity index is 1.94. The van der Waals surface area contributed by atoms with E-state index in [9.17, 15) is 19.5 Å². The summed E-state index contributed by atoms with van der Waals surface area (Å²) >= 11 is 0.964. The van der Waals surface area contributed by atoms with Crippen LogP contribution in [0.5, 0.6) is 5.75 Å². The molecule has 198 valence electrons. The number of rotatable bonds is 5. The molecule has 0 radical (unpaired) electrons. The Morgan fingerprint density at radius 3 is 2.26 bits per heavy atom. The van der Waals surface area contributed by atoms with Crippen molar-refractivity contribution in [2.45, 2.75) is 46.1 Å². The molecule has 0 bridgehead atoms. The number of esters is 1. The summed E-state index contributed by atoms with van der Waals surface area (Å²) in [4.78, 5) is 45.1. The summed E-state index contributed by atoms with van der Waals surface area (Å²) in [6.45, 7) is 9.73. The standard InChI is InChI=1S/C29H30N2O6S/c1-15-14-18(10-13-20(15)36-6)23(32)21-22(17-8-11-19(12-9-17)29(3,4)5)31(26(34)24(21)33)28-30-16(2)25(38-28)27(35)37-7/h8-14,22,32H,1-7H3/t22-/m1/s1. The molecule has 1 aliphatic heterocycles. The predicted octanol–water partition coefficient (Wildman–Crippen LogP) is 5.48. The molecular formula is C29H30N2O6S. The molecule has 1 fully saturated rings. The van der Waals surface area contributed by atoms with Crippen LogP contribution in [0.15, 0.2) is 48.0 Å². The fourth-order valence-corrected chi connectivity index (χ4v) is 5.47. The summed E-state index contributed by atoms with van der Waals surface area (Å²) in [5, 5.41) is 11.6. The van der Waals surface area contributed by atoms with E-state index in [1.807, 2.05) is 31.2 Å². The van der Waals surface area contributed by atoms with E-state index < -0.39 is 23.7 Å². The first-order chi connectivity index (χ1) is 17.9. The largest absolute Gasteiger partial charge is 0.507 e. The molecule has 8 nitrogen and oxygen atoms in total. The molecule has 1 aromatic heterocycles. The summed E-state index contributed by atoms with van der Waals surface area (Å²) in [7, 11) is 2.81. The molecule has 1 amide bonds. The van der Waals surface area contributed by atoms with E-state index in [-0.39, 0.29) is 26.8 Å². The maximum atomic E-state index is 13.5. The second-order valence-corrected chi connectivity index (χ2v) is 11.1. The van der Waals surface area contributed by atoms with Gasteiger partial charge in [-0.25, -0.2) is 9.78 Å². The number of ketones is 1. The summed E-state index contributed by atoms with van der Waals surface area (Å²) < 4.78 is 10.2. The molecule has 9 heteroatoms. The molecule has 1 atom stereocenters. The zero-order chi connectivity index (χ0) is 27.9. The van der Waals surface area contributed by atoms with Crippen LogP contribution in [0.2, 0.25) is 0 Å². The highest BCUT2D eigenvalue weighted by Crippen LogP contribution is 2.44. The molecule has 1 saturated heterocycles. The molecule has 1 N–H and O–H groups in total. The van der Waals surface area contributed by atoms with E-state index in [0.717, 1.165) is 22.5 Å². The highest BCUT2D eigenvalue weighted by Gasteiger charge is 2.48. The Labute approximate surface area is 225 Å². The van der Waals surface area contributed by atoms with Gasteiger partial charge in [-0.1, -0.05) is 56.4 Å². The number of Topliss-reactive ketones (excluding diaryl/α,β-unsaturated/α-hetero) is 1. The number of aliphatic hydroxyl groups is 1. The maximum Gasteiger partial charge on any atom is 0.350 e. The number of benzene rings is 2. The van der Waals surface area contributed by atoms with Gasteiger partial charge in [0.1, 0.15) is 16.4 Å². The molecular weight excluding hydrogens is 504 g/mol. The van der Waals surface area contributed by atoms with Crippen LogP contribution in [0.25, 0.3) is 5.76 Å². The van der Waals surface area contributed by atoms with Crippen LogP contribution >= 0.6 is 11.3 Å². The number of hydrogen-bond acceptors (Lipinski definition) is 8. The predicted molar refractivity (Wildman–Crippen MR) is 146 cm³/mol. The number of hydrogen-bond donors (Lipinski definition) is 1. The van der Waals surface area contributed by atoms with Gasteiger partial charge in [0, 0.05) is 5.56 Å². The molecule has 0 spiro atoms. The monoisotopic (exact) mass is 534 g/mol. The highest BCUT2D eigenvalue weighted by molar-refractivity contribution is 7.17. The molecule has 0 saturated carbocycles. The smallest absolute Gasteiger partial charge is 0.350 e. The van der Waals surface area contributed by atoms with Gasteiger partial charge in [0.2, 0.25) is 0 Å². The fourth-order valence-electron chi connectivity index (χ4n) is 4.46. The Morgan fingerprint density at radius 1 is 1.05 bits per heavy atom. The first-order valence-corrected chi connectivity index (χ1v) is 12.8. The van der Waals surface area contributed by atoms with Crippen molar-refractivity contribution in [2.24, 2.45) is 0 Å². The Morgan fingerprint density at radius 2 is 1.71 bits per heavy atom. The summed E-state index contributed by atoms with van der Waals surface area (Å²) in [6.07, 6.45) is 0. The molecule has 0 aliphatic carbocycles. The average molecular weight is 535 g/mol. The first kappa shape index (κ1) is 27.1. The van der Waals surface area contributed by atoms with Gasteiger partial charge in [-0.2, -0.15) is 0 Å². The van der Waals surface area contributed by atoms with Crippen LogP contribution in [0.4, 0.5) is 5.13 Å². The van der Waals surface area contributed by atoms with Crippen LogP contribution in [-0.4, -0.2) is 42.0 Å². The van der Waals surface area contributed by atoms with Crippen LogP contribution in [-0.2, 0) is 19.7 Å². The van der Waals surface area contributed by atoms with Gasteiger partial charge >= 0.3 is 11.9 Å². The number of thiazole rings is 1. The third-order valence-electron chi connectivity index (χ3n) is 6.57. The van der Waals surface area contributed by atoms with Crippen LogP contribution in [0, 0.1) is 13.8 Å². The number of amides is 1. The summed E-state index contributed by atoms with van der Waals surface area (Å²) in [5.74, 6) is -1.93. The molecule has 4 rings (SSSR count). The van der Waals surface area contributed by atoms with E-state index in [1.165, 1.54) is 12.0 Å². The number of carbonyl (C=O) groups excluding carboxylic acids is 3. The van der Waals surface area contributed by atoms with E-state index in [1.54, 1.807) is 32.2 Å². The van der Waals surface area contributed by atoms with Gasteiger partial charge in [0.25, 0.3) is 5.78 Å². The number of nitrogens with zero attached hydrogens (tertiary/aromatic N) is 2. The lowest BCUT2D eigenvalue weighted by molar-refractivity contribution is -0.132. The lowest BCUT2D eigenvalue weighted by atomic mass is 9.85. The third kappa shape index (κ3) is 4.69. The molecule has 1 aliphatic rings. The lowest BCUT2D eigenvalue weighted by Gasteiger charge is -2.25. The van der Waals surface area contributed by atoms with Gasteiger partial charge in [-0.05, 0) is 54.2 Å². The number of carbonyl (C=O) groups is 3. The van der Waals surface area contributed by atoms with E-state index in [2.05, 4.69) is 25.8 Å². The van der Waals surface area contributed by atoms with Gasteiger partial charge in [-0.15, -0.1) is 0 Å². The van der Waals surface area contributed by atoms with Crippen molar-refractivity contribution in [1.29, 1.82) is 0 Å². The van der Waals surface area contributed by atoms with Crippen molar-refractivity contribution in [3.8, 4) is 5.75 Å². The second kappa shape index (κ2) is 10.1. The van der Waals surface area contributed by atoms with Crippen molar-refractivity contribution in [1.82, 2.24) is 4.98 Å². The number of ether oxygens (including phenoxy) is 2. The summed E-state index contributed by atoms with van der Waals surface area (Å²) in [5.41, 5.74) is 3.04. The van der Waals surface area contributed by atoms with Gasteiger partial charge in [0.15, 0.2) is 5.13 Å². The van der Waals surface area contributed by atoms with Crippen molar-refractivity contribution in [2.75, 3.05) is 19.1 Å². The normalized spacial score (nSPS) is 17.1. The van der Waals surface area contributed by atoms with Crippen molar-refractivity contribution in [3.05, 3.63) is 80.9 Å². The first-order valence-electron chi connectivity index (χ1n) is 12.0. The van der Waals surface area contributed by atoms with Gasteiger partial charge in [-0.3, -0.25) is 14.5 Å². The molecule has 2 heterocycles. The number of aromatic nitrogens is 1. The quantitative estimate of drug-likeness (QED) is 0.200. The second-order valence-electron chi connectivity index (χ2n) is 10.1. The van der Waals surface area contributed by atoms with Crippen molar-refractivity contribution < 1.29 is 29.0 Å². The SMILES string of the molecule is COC(=O)c1sc(N2C(=O)C(=O)C(=C(O)c3ccc(OC)c(C)c3)[C@H]2c2ccc(C(C)(C)C)cc2)nc1C. The minimum absolute atomic E-state index is 0.0597. The summed E-state index contributed by atoms with van der Waals surface area (Å²) in [6, 6.07) is 11.7. The maximum absolute atomic E-state index is 13.5. The van der Waals surface area contributed by atoms with Gasteiger partial charge in [0.05, 0.1) is 31.5 Å². The Bertz CT molecular complexity index is 1460. The van der Waals surface area contributed by atoms with E-state index in [4.69, 9.17) is 9.47 Å². The molecule has 3 aromatic rings. The third-order valence-corrected chi connectivity index (χ3v) is 7.70. The van der Waals surface area contributed by atoms with Crippen molar-refractivity contribution >= 4 is 39.9 Å². The van der Waals surface area contributed by atoms with Crippen LogP contribution < -0.4 is 9.64 Å². The van der Waals surface area contributed by atoms with Crippen LogP contribution in [0.1, 0.15) is 64.4 Å². The zero-order valence-electron chi connectivity index (χ0n) is 22.4. The van der Waals surface area contributed by atoms with Gasteiger partial charge < -0.3 is 14.6 Å². The van der Waals surface area contributed by atoms with Crippen LogP contribution in [0.3, 0.4) is 0 Å². The Hall–Kier alpha value is -3.98. The molecule has 0 unspecified atom stereocenters. The minimum Gasteiger partial charge on any atom is -0.507 e. The number of aryl methyl sites for hydroxylation is 2. The molecule has 38 heavy (non-hydrogen) atoms. The van der Waals surface area contributed by atoms with E-state index in [0.29, 0.717) is 22.6 Å². The highest BCUT2D eigenvalue weighted by atomic mass is 32.1. The average Bonchev–Trinajstić information content (AvgIpc) is 3.39. The van der Waals surface area contributed by atoms with Crippen molar-refractivity contribution in [3.63, 3.8) is 0 Å².